The van der Waals surface area contributed by atoms with Crippen LogP contribution in [0.5, 0.6) is 0 Å². The molecule has 3 rings (SSSR count). The van der Waals surface area contributed by atoms with Gasteiger partial charge in [-0.2, -0.15) is 5.26 Å². The van der Waals surface area contributed by atoms with Gasteiger partial charge in [0.05, 0.1) is 11.6 Å². The molecule has 0 spiro atoms. The molecule has 21 heavy (non-hydrogen) atoms. The molecular formula is C17H15N3O. The van der Waals surface area contributed by atoms with E-state index >= 15 is 0 Å². The second-order valence-electron chi connectivity index (χ2n) is 5.01. The third-order valence-corrected chi connectivity index (χ3v) is 3.61. The van der Waals surface area contributed by atoms with Crippen molar-refractivity contribution in [2.75, 3.05) is 17.2 Å². The number of nitriles is 1. The van der Waals surface area contributed by atoms with E-state index in [1.54, 1.807) is 24.3 Å². The van der Waals surface area contributed by atoms with Gasteiger partial charge >= 0.3 is 0 Å². The fraction of sp³-hybridized carbons (Fsp3) is 0.176. The van der Waals surface area contributed by atoms with E-state index in [1.807, 2.05) is 18.2 Å². The zero-order valence-electron chi connectivity index (χ0n) is 11.5. The molecule has 4 heteroatoms. The quantitative estimate of drug-likeness (QED) is 0.886. The molecule has 0 bridgehead atoms. The largest absolute Gasteiger partial charge is 0.385 e. The highest BCUT2D eigenvalue weighted by molar-refractivity contribution is 6.06. The summed E-state index contributed by atoms with van der Waals surface area (Å²) in [5.41, 5.74) is 4.11. The molecule has 0 aromatic heterocycles. The highest BCUT2D eigenvalue weighted by Gasteiger charge is 2.17. The lowest BCUT2D eigenvalue weighted by Crippen LogP contribution is -2.19. The van der Waals surface area contributed by atoms with E-state index in [9.17, 15) is 4.79 Å². The van der Waals surface area contributed by atoms with Crippen molar-refractivity contribution in [2.45, 2.75) is 12.8 Å². The number of anilines is 2. The number of carbonyl (C=O) groups excluding carboxylic acids is 1. The lowest BCUT2D eigenvalue weighted by molar-refractivity contribution is 0.102. The average molecular weight is 277 g/mol. The first-order chi connectivity index (χ1) is 10.3. The van der Waals surface area contributed by atoms with Crippen LogP contribution in [0.1, 0.15) is 27.9 Å². The summed E-state index contributed by atoms with van der Waals surface area (Å²) in [5.74, 6) is -0.111. The fourth-order valence-electron chi connectivity index (χ4n) is 2.55. The van der Waals surface area contributed by atoms with Gasteiger partial charge in [0.1, 0.15) is 0 Å². The Balaban J connectivity index is 1.84. The molecule has 0 saturated carbocycles. The Morgan fingerprint density at radius 3 is 2.76 bits per heavy atom. The van der Waals surface area contributed by atoms with Crippen LogP contribution in [-0.2, 0) is 6.42 Å². The molecule has 1 aliphatic rings. The number of rotatable bonds is 2. The summed E-state index contributed by atoms with van der Waals surface area (Å²) in [7, 11) is 0. The van der Waals surface area contributed by atoms with Gasteiger partial charge in [0.2, 0.25) is 0 Å². The van der Waals surface area contributed by atoms with E-state index in [2.05, 4.69) is 16.7 Å². The maximum absolute atomic E-state index is 12.4. The molecule has 1 amide bonds. The predicted molar refractivity (Wildman–Crippen MR) is 82.4 cm³/mol. The maximum atomic E-state index is 12.4. The maximum Gasteiger partial charge on any atom is 0.256 e. The number of amides is 1. The molecule has 0 unspecified atom stereocenters. The summed E-state index contributed by atoms with van der Waals surface area (Å²) < 4.78 is 0. The van der Waals surface area contributed by atoms with Crippen molar-refractivity contribution < 1.29 is 4.79 Å². The number of benzene rings is 2. The summed E-state index contributed by atoms with van der Waals surface area (Å²) in [6.45, 7) is 0.952. The Morgan fingerprint density at radius 1 is 1.19 bits per heavy atom. The van der Waals surface area contributed by atoms with Gasteiger partial charge in [0.15, 0.2) is 0 Å². The molecule has 0 saturated heterocycles. The summed E-state index contributed by atoms with van der Waals surface area (Å²) in [4.78, 5) is 12.4. The molecule has 0 atom stereocenters. The van der Waals surface area contributed by atoms with Gasteiger partial charge in [-0.1, -0.05) is 6.07 Å². The minimum atomic E-state index is -0.111. The lowest BCUT2D eigenvalue weighted by Gasteiger charge is -2.20. The van der Waals surface area contributed by atoms with Crippen LogP contribution in [-0.4, -0.2) is 12.5 Å². The van der Waals surface area contributed by atoms with E-state index in [0.717, 1.165) is 30.6 Å². The number of nitrogens with zero attached hydrogens (tertiary/aromatic N) is 1. The predicted octanol–water partition coefficient (Wildman–Crippen LogP) is 3.17. The van der Waals surface area contributed by atoms with Gasteiger partial charge in [-0.05, 0) is 54.8 Å². The first-order valence-electron chi connectivity index (χ1n) is 6.95. The average Bonchev–Trinajstić information content (AvgIpc) is 2.55. The smallest absolute Gasteiger partial charge is 0.256 e. The van der Waals surface area contributed by atoms with E-state index in [4.69, 9.17) is 5.26 Å². The Kier molecular flexibility index (Phi) is 3.57. The summed E-state index contributed by atoms with van der Waals surface area (Å²) >= 11 is 0. The molecule has 0 fully saturated rings. The van der Waals surface area contributed by atoms with Crippen molar-refractivity contribution in [1.82, 2.24) is 0 Å². The van der Waals surface area contributed by atoms with Crippen LogP contribution in [0.3, 0.4) is 0 Å². The lowest BCUT2D eigenvalue weighted by atomic mass is 9.97. The van der Waals surface area contributed by atoms with Gasteiger partial charge < -0.3 is 10.6 Å². The van der Waals surface area contributed by atoms with Crippen molar-refractivity contribution in [3.05, 3.63) is 59.2 Å². The Labute approximate surface area is 123 Å². The molecule has 4 nitrogen and oxygen atoms in total. The minimum absolute atomic E-state index is 0.111. The molecule has 1 aliphatic heterocycles. The molecule has 1 heterocycles. The van der Waals surface area contributed by atoms with E-state index in [-0.39, 0.29) is 5.91 Å². The number of fused-ring (bicyclic) bond motifs is 1. The number of hydrogen-bond donors (Lipinski definition) is 2. The normalized spacial score (nSPS) is 12.7. The Hall–Kier alpha value is -2.80. The molecule has 0 radical (unpaired) electrons. The van der Waals surface area contributed by atoms with Crippen molar-refractivity contribution in [3.63, 3.8) is 0 Å². The molecule has 104 valence electrons. The number of carbonyl (C=O) groups is 1. The Morgan fingerprint density at radius 2 is 2.00 bits per heavy atom. The van der Waals surface area contributed by atoms with E-state index in [0.29, 0.717) is 16.8 Å². The summed E-state index contributed by atoms with van der Waals surface area (Å²) in [6, 6.07) is 14.7. The first kappa shape index (κ1) is 13.2. The van der Waals surface area contributed by atoms with Crippen molar-refractivity contribution in [3.8, 4) is 6.07 Å². The van der Waals surface area contributed by atoms with Crippen LogP contribution in [0.15, 0.2) is 42.5 Å². The van der Waals surface area contributed by atoms with Crippen molar-refractivity contribution in [2.24, 2.45) is 0 Å². The molecule has 2 aromatic rings. The number of hydrogen-bond acceptors (Lipinski definition) is 3. The monoisotopic (exact) mass is 277 g/mol. The molecule has 0 aliphatic carbocycles. The number of nitrogens with one attached hydrogen (secondary N) is 2. The third-order valence-electron chi connectivity index (χ3n) is 3.61. The van der Waals surface area contributed by atoms with Gasteiger partial charge in [0, 0.05) is 23.5 Å². The minimum Gasteiger partial charge on any atom is -0.385 e. The van der Waals surface area contributed by atoms with Crippen LogP contribution in [0.4, 0.5) is 11.4 Å². The second kappa shape index (κ2) is 5.68. The topological polar surface area (TPSA) is 64.9 Å². The van der Waals surface area contributed by atoms with Crippen molar-refractivity contribution >= 4 is 17.3 Å². The molecule has 2 aromatic carbocycles. The van der Waals surface area contributed by atoms with Gasteiger partial charge in [0.25, 0.3) is 5.91 Å². The zero-order chi connectivity index (χ0) is 14.7. The standard InChI is InChI=1S/C17H15N3O/c18-11-12-6-8-13(9-7-12)20-17(21)15-3-1-5-16-14(15)4-2-10-19-16/h1,3,5-9,19H,2,4,10H2,(H,20,21). The SMILES string of the molecule is N#Cc1ccc(NC(=O)c2cccc3c2CCCN3)cc1. The second-order valence-corrected chi connectivity index (χ2v) is 5.01. The van der Waals surface area contributed by atoms with Gasteiger partial charge in [-0.3, -0.25) is 4.79 Å². The zero-order valence-corrected chi connectivity index (χ0v) is 11.5. The molecular weight excluding hydrogens is 262 g/mol. The highest BCUT2D eigenvalue weighted by atomic mass is 16.1. The first-order valence-corrected chi connectivity index (χ1v) is 6.95. The van der Waals surface area contributed by atoms with Crippen LogP contribution < -0.4 is 10.6 Å². The van der Waals surface area contributed by atoms with Crippen LogP contribution in [0, 0.1) is 11.3 Å². The fourth-order valence-corrected chi connectivity index (χ4v) is 2.55. The van der Waals surface area contributed by atoms with Crippen LogP contribution in [0.2, 0.25) is 0 Å². The Bertz CT molecular complexity index is 714. The molecule has 2 N–H and O–H groups in total. The van der Waals surface area contributed by atoms with E-state index < -0.39 is 0 Å². The summed E-state index contributed by atoms with van der Waals surface area (Å²) in [5, 5.41) is 15.0. The summed E-state index contributed by atoms with van der Waals surface area (Å²) in [6.07, 6.45) is 1.95. The van der Waals surface area contributed by atoms with Crippen LogP contribution >= 0.6 is 0 Å². The highest BCUT2D eigenvalue weighted by Crippen LogP contribution is 2.26. The van der Waals surface area contributed by atoms with Gasteiger partial charge in [-0.15, -0.1) is 0 Å². The van der Waals surface area contributed by atoms with Crippen molar-refractivity contribution in [1.29, 1.82) is 5.26 Å². The van der Waals surface area contributed by atoms with E-state index in [1.165, 1.54) is 0 Å². The third kappa shape index (κ3) is 2.72. The van der Waals surface area contributed by atoms with Gasteiger partial charge in [-0.25, -0.2) is 0 Å². The van der Waals surface area contributed by atoms with Crippen LogP contribution in [0.25, 0.3) is 0 Å².